The number of hydrogen-bond acceptors (Lipinski definition) is 3. The zero-order valence-electron chi connectivity index (χ0n) is 11.6. The topological polar surface area (TPSA) is 77.2 Å². The molecule has 0 bridgehead atoms. The summed E-state index contributed by atoms with van der Waals surface area (Å²) < 4.78 is 118. The van der Waals surface area contributed by atoms with E-state index in [1.54, 1.807) is 0 Å². The van der Waals surface area contributed by atoms with E-state index in [0.717, 1.165) is 0 Å². The minimum Gasteiger partial charge on any atom is -0.367 e. The Labute approximate surface area is 136 Å². The van der Waals surface area contributed by atoms with Crippen molar-refractivity contribution in [3.05, 3.63) is 0 Å². The molecule has 14 heteroatoms. The van der Waals surface area contributed by atoms with Crippen LogP contribution in [0.1, 0.15) is 25.7 Å². The van der Waals surface area contributed by atoms with Crippen LogP contribution in [0.15, 0.2) is 0 Å². The molecule has 1 unspecified atom stereocenters. The molecule has 0 heterocycles. The third-order valence-corrected chi connectivity index (χ3v) is 6.13. The Morgan fingerprint density at radius 1 is 0.917 bits per heavy atom. The van der Waals surface area contributed by atoms with Crippen LogP contribution < -0.4 is 5.73 Å². The number of hydrogen-bond donors (Lipinski definition) is 1. The maximum Gasteiger partial charge on any atom is 0.453 e. The Morgan fingerprint density at radius 2 is 1.38 bits per heavy atom. The molecule has 0 aromatic heterocycles. The Hall–Kier alpha value is -0.850. The first-order valence-corrected chi connectivity index (χ1v) is 8.11. The van der Waals surface area contributed by atoms with Crippen molar-refractivity contribution in [2.24, 2.45) is 5.73 Å². The van der Waals surface area contributed by atoms with Gasteiger partial charge >= 0.3 is 18.3 Å². The molecule has 144 valence electrons. The quantitative estimate of drug-likeness (QED) is 0.490. The number of alkyl halides is 9. The van der Waals surface area contributed by atoms with Crippen molar-refractivity contribution < 1.29 is 48.3 Å². The van der Waals surface area contributed by atoms with E-state index >= 15 is 0 Å². The SMILES string of the molecule is NC(=O)C(Cl)(CCCC(F)(F)C(F)(F)F)S(=O)(=O)CCC(F)(F)F. The predicted molar refractivity (Wildman–Crippen MR) is 67.1 cm³/mol. The van der Waals surface area contributed by atoms with Crippen LogP contribution in [0.5, 0.6) is 0 Å². The van der Waals surface area contributed by atoms with Gasteiger partial charge in [-0.2, -0.15) is 35.1 Å². The summed E-state index contributed by atoms with van der Waals surface area (Å²) >= 11 is 5.38. The Morgan fingerprint density at radius 3 is 1.71 bits per heavy atom. The van der Waals surface area contributed by atoms with Gasteiger partial charge in [0, 0.05) is 6.42 Å². The first-order valence-electron chi connectivity index (χ1n) is 6.08. The molecule has 2 N–H and O–H groups in total. The molecule has 24 heavy (non-hydrogen) atoms. The zero-order valence-corrected chi connectivity index (χ0v) is 13.2. The molecule has 1 amide bonds. The number of halogens is 9. The number of rotatable bonds is 8. The Kier molecular flexibility index (Phi) is 6.92. The lowest BCUT2D eigenvalue weighted by Crippen LogP contribution is -2.47. The summed E-state index contributed by atoms with van der Waals surface area (Å²) in [6, 6.07) is 0. The van der Waals surface area contributed by atoms with E-state index in [1.165, 1.54) is 0 Å². The van der Waals surface area contributed by atoms with Crippen molar-refractivity contribution in [3.63, 3.8) is 0 Å². The molecule has 0 aliphatic heterocycles. The van der Waals surface area contributed by atoms with Crippen LogP contribution in [-0.2, 0) is 14.6 Å². The summed E-state index contributed by atoms with van der Waals surface area (Å²) in [5.41, 5.74) is 4.69. The molecule has 0 aromatic carbocycles. The third-order valence-electron chi connectivity index (χ3n) is 2.92. The van der Waals surface area contributed by atoms with Crippen LogP contribution in [0.3, 0.4) is 0 Å². The largest absolute Gasteiger partial charge is 0.453 e. The molecule has 0 rings (SSSR count). The van der Waals surface area contributed by atoms with E-state index in [4.69, 9.17) is 17.3 Å². The highest BCUT2D eigenvalue weighted by Crippen LogP contribution is 2.41. The van der Waals surface area contributed by atoms with E-state index < -0.39 is 69.7 Å². The van der Waals surface area contributed by atoms with Crippen LogP contribution in [0, 0.1) is 0 Å². The minimum atomic E-state index is -5.91. The Balaban J connectivity index is 5.18. The van der Waals surface area contributed by atoms with Gasteiger partial charge in [-0.15, -0.1) is 0 Å². The third kappa shape index (κ3) is 5.90. The molecular weight excluding hydrogens is 402 g/mol. The summed E-state index contributed by atoms with van der Waals surface area (Å²) in [6.07, 6.45) is -17.2. The van der Waals surface area contributed by atoms with Crippen molar-refractivity contribution in [2.45, 2.75) is 48.2 Å². The summed E-state index contributed by atoms with van der Waals surface area (Å²) in [5, 5.41) is 0. The maximum absolute atomic E-state index is 12.7. The average molecular weight is 414 g/mol. The molecule has 0 saturated heterocycles. The second kappa shape index (κ2) is 7.18. The van der Waals surface area contributed by atoms with Crippen LogP contribution in [0.25, 0.3) is 0 Å². The number of sulfone groups is 1. The van der Waals surface area contributed by atoms with E-state index in [0.29, 0.717) is 0 Å². The van der Waals surface area contributed by atoms with Crippen LogP contribution >= 0.6 is 11.6 Å². The fourth-order valence-electron chi connectivity index (χ4n) is 1.52. The first kappa shape index (κ1) is 23.1. The van der Waals surface area contributed by atoms with Gasteiger partial charge in [0.2, 0.25) is 4.21 Å². The number of nitrogens with two attached hydrogens (primary N) is 1. The number of amides is 1. The molecule has 0 spiro atoms. The number of carbonyl (C=O) groups is 1. The van der Waals surface area contributed by atoms with Gasteiger partial charge in [0.05, 0.1) is 12.2 Å². The summed E-state index contributed by atoms with van der Waals surface area (Å²) in [7, 11) is -5.06. The van der Waals surface area contributed by atoms with Crippen molar-refractivity contribution in [2.75, 3.05) is 5.75 Å². The molecule has 0 aromatic rings. The molecule has 0 aliphatic rings. The van der Waals surface area contributed by atoms with Crippen LogP contribution in [0.4, 0.5) is 35.1 Å². The standard InChI is InChI=1S/C10H12ClF8NO3S/c11-7(6(20)21,24(22,23)5-4-9(14,15)16)2-1-3-8(12,13)10(17,18)19/h1-5H2,(H2,20,21). The second-order valence-corrected chi connectivity index (χ2v) is 8.04. The Bertz CT molecular complexity index is 559. The average Bonchev–Trinajstić information content (AvgIpc) is 2.33. The van der Waals surface area contributed by atoms with Gasteiger partial charge in [-0.25, -0.2) is 8.42 Å². The molecule has 0 fully saturated rings. The lowest BCUT2D eigenvalue weighted by atomic mass is 10.1. The van der Waals surface area contributed by atoms with Crippen LogP contribution in [0.2, 0.25) is 0 Å². The lowest BCUT2D eigenvalue weighted by Gasteiger charge is -2.25. The smallest absolute Gasteiger partial charge is 0.367 e. The van der Waals surface area contributed by atoms with Gasteiger partial charge in [-0.3, -0.25) is 4.79 Å². The van der Waals surface area contributed by atoms with Crippen molar-refractivity contribution in [1.29, 1.82) is 0 Å². The highest BCUT2D eigenvalue weighted by molar-refractivity contribution is 7.95. The predicted octanol–water partition coefficient (Wildman–Crippen LogP) is 3.14. The number of primary amides is 1. The van der Waals surface area contributed by atoms with E-state index in [-0.39, 0.29) is 0 Å². The zero-order chi connectivity index (χ0) is 19.6. The van der Waals surface area contributed by atoms with Crippen molar-refractivity contribution in [3.8, 4) is 0 Å². The van der Waals surface area contributed by atoms with Gasteiger partial charge in [-0.1, -0.05) is 11.6 Å². The van der Waals surface area contributed by atoms with E-state index in [1.807, 2.05) is 0 Å². The fraction of sp³-hybridized carbons (Fsp3) is 0.900. The molecule has 0 aliphatic carbocycles. The lowest BCUT2D eigenvalue weighted by molar-refractivity contribution is -0.284. The van der Waals surface area contributed by atoms with Gasteiger partial charge in [0.1, 0.15) is 0 Å². The summed E-state index contributed by atoms with van der Waals surface area (Å²) in [5.74, 6) is -8.71. The summed E-state index contributed by atoms with van der Waals surface area (Å²) in [6.45, 7) is 0. The molecule has 0 saturated carbocycles. The van der Waals surface area contributed by atoms with E-state index in [2.05, 4.69) is 0 Å². The molecule has 1 atom stereocenters. The molecular formula is C10H12ClF8NO3S. The fourth-order valence-corrected chi connectivity index (χ4v) is 3.47. The van der Waals surface area contributed by atoms with E-state index in [9.17, 15) is 48.3 Å². The maximum atomic E-state index is 12.7. The highest BCUT2D eigenvalue weighted by atomic mass is 35.5. The van der Waals surface area contributed by atoms with Crippen LogP contribution in [-0.4, -0.2) is 42.6 Å². The molecule has 0 radical (unpaired) electrons. The second-order valence-electron chi connectivity index (χ2n) is 4.83. The van der Waals surface area contributed by atoms with Gasteiger partial charge in [-0.05, 0) is 12.8 Å². The first-order chi connectivity index (χ1) is 10.4. The van der Waals surface area contributed by atoms with Gasteiger partial charge < -0.3 is 5.73 Å². The van der Waals surface area contributed by atoms with Crippen molar-refractivity contribution >= 4 is 27.3 Å². The monoisotopic (exact) mass is 413 g/mol. The van der Waals surface area contributed by atoms with Crippen molar-refractivity contribution in [1.82, 2.24) is 0 Å². The number of carbonyl (C=O) groups excluding carboxylic acids is 1. The summed E-state index contributed by atoms with van der Waals surface area (Å²) in [4.78, 5) is 11.2. The normalized spacial score (nSPS) is 16.7. The highest BCUT2D eigenvalue weighted by Gasteiger charge is 2.57. The van der Waals surface area contributed by atoms with Gasteiger partial charge in [0.25, 0.3) is 5.91 Å². The minimum absolute atomic E-state index is 1.22. The molecule has 4 nitrogen and oxygen atoms in total. The van der Waals surface area contributed by atoms with Gasteiger partial charge in [0.15, 0.2) is 9.84 Å².